The topological polar surface area (TPSA) is 58.3 Å². The number of aliphatic hydroxyl groups is 2. The molecule has 0 saturated carbocycles. The van der Waals surface area contributed by atoms with Crippen LogP contribution in [0, 0.1) is 11.8 Å². The molecule has 114 valence electrons. The second kappa shape index (κ2) is 6.09. The summed E-state index contributed by atoms with van der Waals surface area (Å²) in [7, 11) is 0. The zero-order chi connectivity index (χ0) is 15.7. The van der Waals surface area contributed by atoms with E-state index in [4.69, 9.17) is 0 Å². The lowest BCUT2D eigenvalue weighted by Gasteiger charge is -2.17. The summed E-state index contributed by atoms with van der Waals surface area (Å²) < 4.78 is 2.85. The third-order valence-electron chi connectivity index (χ3n) is 3.54. The lowest BCUT2D eigenvalue weighted by molar-refractivity contribution is 0.169. The molecule has 22 heavy (non-hydrogen) atoms. The second-order valence-corrected chi connectivity index (χ2v) is 7.44. The van der Waals surface area contributed by atoms with Crippen LogP contribution in [-0.2, 0) is 4.87 Å². The standard InChI is InChI=1S/C16H15BrN2O2S/c1-11(21)15-18-8-9-19(15)16(10-20)14(22-16)7-4-12-2-5-13(17)6-3-12/h2-3,5-6,8-9,11,14,20-21H,10H2,1H3/t11-,14?,16+/m0/s1. The van der Waals surface area contributed by atoms with Gasteiger partial charge in [0.05, 0.1) is 6.61 Å². The minimum Gasteiger partial charge on any atom is -0.393 e. The Morgan fingerprint density at radius 2 is 2.18 bits per heavy atom. The maximum absolute atomic E-state index is 9.81. The van der Waals surface area contributed by atoms with Gasteiger partial charge in [0.1, 0.15) is 22.0 Å². The van der Waals surface area contributed by atoms with Gasteiger partial charge in [-0.2, -0.15) is 0 Å². The molecule has 0 bridgehead atoms. The predicted octanol–water partition coefficient (Wildman–Crippen LogP) is 2.51. The van der Waals surface area contributed by atoms with Gasteiger partial charge in [0.25, 0.3) is 0 Å². The SMILES string of the molecule is C[C@H](O)c1nccn1[C@]1(CO)SC1C#Cc1ccc(Br)cc1. The molecule has 1 unspecified atom stereocenters. The van der Waals surface area contributed by atoms with E-state index < -0.39 is 11.0 Å². The minimum absolute atomic E-state index is 0.0205. The van der Waals surface area contributed by atoms with Crippen LogP contribution in [0.15, 0.2) is 41.1 Å². The fourth-order valence-electron chi connectivity index (χ4n) is 2.32. The van der Waals surface area contributed by atoms with E-state index in [2.05, 4.69) is 32.8 Å². The number of hydrogen-bond donors (Lipinski definition) is 2. The molecule has 2 heterocycles. The van der Waals surface area contributed by atoms with Gasteiger partial charge in [0, 0.05) is 22.4 Å². The van der Waals surface area contributed by atoms with Crippen molar-refractivity contribution in [3.63, 3.8) is 0 Å². The third kappa shape index (κ3) is 2.82. The molecule has 0 amide bonds. The first-order valence-electron chi connectivity index (χ1n) is 6.84. The van der Waals surface area contributed by atoms with Gasteiger partial charge in [-0.25, -0.2) is 4.98 Å². The number of nitrogens with zero attached hydrogens (tertiary/aromatic N) is 2. The Morgan fingerprint density at radius 3 is 2.82 bits per heavy atom. The number of benzene rings is 1. The quantitative estimate of drug-likeness (QED) is 0.636. The van der Waals surface area contributed by atoms with Gasteiger partial charge in [-0.05, 0) is 31.2 Å². The van der Waals surface area contributed by atoms with Crippen molar-refractivity contribution >= 4 is 27.7 Å². The molecule has 0 spiro atoms. The highest BCUT2D eigenvalue weighted by atomic mass is 79.9. The molecule has 3 rings (SSSR count). The van der Waals surface area contributed by atoms with Crippen LogP contribution in [0.1, 0.15) is 24.4 Å². The molecule has 0 aliphatic carbocycles. The molecule has 6 heteroatoms. The Kier molecular flexibility index (Phi) is 4.33. The molecule has 4 nitrogen and oxygen atoms in total. The zero-order valence-electron chi connectivity index (χ0n) is 11.9. The maximum Gasteiger partial charge on any atom is 0.139 e. The first-order valence-corrected chi connectivity index (χ1v) is 8.51. The molecule has 1 aromatic heterocycles. The molecular weight excluding hydrogens is 364 g/mol. The van der Waals surface area contributed by atoms with Crippen LogP contribution in [0.2, 0.25) is 0 Å². The van der Waals surface area contributed by atoms with Crippen LogP contribution in [-0.4, -0.2) is 31.6 Å². The van der Waals surface area contributed by atoms with Crippen LogP contribution in [0.3, 0.4) is 0 Å². The summed E-state index contributed by atoms with van der Waals surface area (Å²) in [4.78, 5) is 3.63. The van der Waals surface area contributed by atoms with Gasteiger partial charge in [0.2, 0.25) is 0 Å². The Balaban J connectivity index is 1.84. The van der Waals surface area contributed by atoms with Gasteiger partial charge in [-0.3, -0.25) is 0 Å². The first-order chi connectivity index (χ1) is 10.6. The molecule has 1 fully saturated rings. The lowest BCUT2D eigenvalue weighted by Crippen LogP contribution is -2.27. The molecular formula is C16H15BrN2O2S. The molecule has 2 N–H and O–H groups in total. The minimum atomic E-state index is -0.681. The van der Waals surface area contributed by atoms with Gasteiger partial charge < -0.3 is 14.8 Å². The fraction of sp³-hybridized carbons (Fsp3) is 0.312. The van der Waals surface area contributed by atoms with E-state index in [0.29, 0.717) is 5.82 Å². The lowest BCUT2D eigenvalue weighted by atomic mass is 10.1. The highest BCUT2D eigenvalue weighted by Crippen LogP contribution is 2.57. The normalized spacial score (nSPS) is 24.5. The van der Waals surface area contributed by atoms with E-state index in [1.165, 1.54) is 0 Å². The van der Waals surface area contributed by atoms with Crippen molar-refractivity contribution in [3.05, 3.63) is 52.5 Å². The van der Waals surface area contributed by atoms with Crippen LogP contribution in [0.25, 0.3) is 0 Å². The first kappa shape index (κ1) is 15.6. The van der Waals surface area contributed by atoms with Gasteiger partial charge in [-0.1, -0.05) is 27.8 Å². The monoisotopic (exact) mass is 378 g/mol. The smallest absolute Gasteiger partial charge is 0.139 e. The van der Waals surface area contributed by atoms with E-state index in [0.717, 1.165) is 10.0 Å². The second-order valence-electron chi connectivity index (χ2n) is 5.11. The summed E-state index contributed by atoms with van der Waals surface area (Å²) >= 11 is 4.97. The number of hydrogen-bond acceptors (Lipinski definition) is 4. The van der Waals surface area contributed by atoms with Crippen molar-refractivity contribution in [1.82, 2.24) is 9.55 Å². The van der Waals surface area contributed by atoms with Crippen LogP contribution < -0.4 is 0 Å². The Hall–Kier alpha value is -1.26. The number of aliphatic hydroxyl groups excluding tert-OH is 2. The van der Waals surface area contributed by atoms with Gasteiger partial charge in [0.15, 0.2) is 0 Å². The van der Waals surface area contributed by atoms with Crippen LogP contribution in [0.4, 0.5) is 0 Å². The van der Waals surface area contributed by atoms with Gasteiger partial charge >= 0.3 is 0 Å². The molecule has 1 aliphatic heterocycles. The molecule has 0 radical (unpaired) electrons. The number of thioether (sulfide) groups is 1. The largest absolute Gasteiger partial charge is 0.393 e. The van der Waals surface area contributed by atoms with Crippen molar-refractivity contribution in [2.75, 3.05) is 6.61 Å². The molecule has 1 aliphatic rings. The highest BCUT2D eigenvalue weighted by molar-refractivity contribution is 9.10. The molecule has 2 aromatic rings. The fourth-order valence-corrected chi connectivity index (χ4v) is 3.63. The van der Waals surface area contributed by atoms with E-state index in [9.17, 15) is 10.2 Å². The zero-order valence-corrected chi connectivity index (χ0v) is 14.3. The third-order valence-corrected chi connectivity index (χ3v) is 5.53. The van der Waals surface area contributed by atoms with Gasteiger partial charge in [-0.15, -0.1) is 11.8 Å². The average Bonchev–Trinajstić information content (AvgIpc) is 3.00. The van der Waals surface area contributed by atoms with Crippen LogP contribution in [0.5, 0.6) is 0 Å². The summed E-state index contributed by atoms with van der Waals surface area (Å²) in [6, 6.07) is 7.79. The average molecular weight is 379 g/mol. The highest BCUT2D eigenvalue weighted by Gasteiger charge is 2.57. The van der Waals surface area contributed by atoms with E-state index in [-0.39, 0.29) is 11.9 Å². The maximum atomic E-state index is 9.81. The number of rotatable bonds is 3. The van der Waals surface area contributed by atoms with E-state index in [1.54, 1.807) is 31.1 Å². The number of aromatic nitrogens is 2. The summed E-state index contributed by atoms with van der Waals surface area (Å²) in [6.45, 7) is 1.62. The van der Waals surface area contributed by atoms with Crippen molar-refractivity contribution in [2.24, 2.45) is 0 Å². The van der Waals surface area contributed by atoms with Crippen LogP contribution >= 0.6 is 27.7 Å². The molecule has 1 saturated heterocycles. The Bertz CT molecular complexity index is 733. The van der Waals surface area contributed by atoms with Crippen molar-refractivity contribution in [3.8, 4) is 11.8 Å². The molecule has 3 atom stereocenters. The Morgan fingerprint density at radius 1 is 1.45 bits per heavy atom. The number of imidazole rings is 1. The summed E-state index contributed by atoms with van der Waals surface area (Å²) in [5.74, 6) is 6.88. The predicted molar refractivity (Wildman–Crippen MR) is 90.3 cm³/mol. The van der Waals surface area contributed by atoms with Crippen molar-refractivity contribution < 1.29 is 10.2 Å². The van der Waals surface area contributed by atoms with Crippen molar-refractivity contribution in [1.29, 1.82) is 0 Å². The number of halogens is 1. The van der Waals surface area contributed by atoms with Crippen molar-refractivity contribution in [2.45, 2.75) is 23.1 Å². The Labute approximate surface area is 141 Å². The van der Waals surface area contributed by atoms with E-state index in [1.807, 2.05) is 28.8 Å². The molecule has 1 aromatic carbocycles. The summed E-state index contributed by atoms with van der Waals surface area (Å²) in [5, 5.41) is 19.6. The summed E-state index contributed by atoms with van der Waals surface area (Å²) in [6.07, 6.45) is 2.74. The summed E-state index contributed by atoms with van der Waals surface area (Å²) in [5.41, 5.74) is 0.934. The van der Waals surface area contributed by atoms with E-state index >= 15 is 0 Å².